The Labute approximate surface area is 186 Å². The molecule has 0 spiro atoms. The summed E-state index contributed by atoms with van der Waals surface area (Å²) in [5.41, 5.74) is 4.51. The molecule has 0 radical (unpaired) electrons. The van der Waals surface area contributed by atoms with Crippen molar-refractivity contribution in [3.05, 3.63) is 92.4 Å². The van der Waals surface area contributed by atoms with E-state index in [2.05, 4.69) is 4.74 Å². The van der Waals surface area contributed by atoms with E-state index in [0.717, 1.165) is 23.4 Å². The number of ether oxygens (including phenoxy) is 1. The summed E-state index contributed by atoms with van der Waals surface area (Å²) in [7, 11) is 1.12. The van der Waals surface area contributed by atoms with Crippen molar-refractivity contribution < 1.29 is 18.7 Å². The van der Waals surface area contributed by atoms with Gasteiger partial charge in [0.1, 0.15) is 23.7 Å². The number of carbonyl (C=O) groups excluding carboxylic acids is 2. The predicted molar refractivity (Wildman–Crippen MR) is 118 cm³/mol. The fraction of sp³-hybridized carbons (Fsp3) is 0.182. The number of nitrogen functional groups attached to an aromatic ring is 1. The number of benzene rings is 2. The summed E-state index contributed by atoms with van der Waals surface area (Å²) >= 11 is 0.898. The molecule has 32 heavy (non-hydrogen) atoms. The Balaban J connectivity index is 2.06. The van der Waals surface area contributed by atoms with E-state index in [4.69, 9.17) is 5.73 Å². The quantitative estimate of drug-likeness (QED) is 0.312. The molecular weight excluding hydrogens is 437 g/mol. The van der Waals surface area contributed by atoms with Gasteiger partial charge in [0, 0.05) is 4.90 Å². The molecule has 2 N–H and O–H groups in total. The number of carbonyl (C=O) groups is 2. The molecule has 8 nitrogen and oxygen atoms in total. The molecule has 0 aliphatic heterocycles. The molecule has 2 aromatic carbocycles. The van der Waals surface area contributed by atoms with Crippen LogP contribution >= 0.6 is 11.8 Å². The zero-order chi connectivity index (χ0) is 23.3. The molecule has 0 aliphatic rings. The smallest absolute Gasteiger partial charge is 0.333 e. The number of methoxy groups -OCH3 is 1. The second kappa shape index (κ2) is 10.1. The molecule has 3 aromatic rings. The maximum atomic E-state index is 13.9. The minimum atomic E-state index is -0.999. The minimum Gasteiger partial charge on any atom is -0.468 e. The van der Waals surface area contributed by atoms with Gasteiger partial charge < -0.3 is 10.5 Å². The number of hydrogen-bond donors (Lipinski definition) is 1. The summed E-state index contributed by atoms with van der Waals surface area (Å²) in [6, 6.07) is 14.7. The summed E-state index contributed by atoms with van der Waals surface area (Å²) < 4.78 is 20.1. The van der Waals surface area contributed by atoms with Gasteiger partial charge in [0.05, 0.1) is 19.4 Å². The van der Waals surface area contributed by atoms with E-state index in [0.29, 0.717) is 10.1 Å². The lowest BCUT2D eigenvalue weighted by molar-refractivity contribution is -0.141. The average molecular weight is 457 g/mol. The first-order valence-electron chi connectivity index (χ1n) is 9.47. The molecule has 1 aromatic heterocycles. The maximum Gasteiger partial charge on any atom is 0.333 e. The fourth-order valence-electron chi connectivity index (χ4n) is 3.01. The van der Waals surface area contributed by atoms with Gasteiger partial charge in [-0.1, -0.05) is 42.5 Å². The topological polar surface area (TPSA) is 113 Å². The number of thioether (sulfide) groups is 1. The van der Waals surface area contributed by atoms with Crippen molar-refractivity contribution in [3.8, 4) is 0 Å². The van der Waals surface area contributed by atoms with Gasteiger partial charge in [0.2, 0.25) is 0 Å². The largest absolute Gasteiger partial charge is 0.468 e. The van der Waals surface area contributed by atoms with Crippen LogP contribution in [-0.2, 0) is 22.6 Å². The molecule has 0 saturated carbocycles. The van der Waals surface area contributed by atoms with E-state index in [1.807, 2.05) is 0 Å². The lowest BCUT2D eigenvalue weighted by atomic mass is 10.2. The second-order valence-corrected chi connectivity index (χ2v) is 7.74. The number of Topliss-reactive ketones (excluding diaryl/α,β-unsaturated/α-hetero) is 1. The van der Waals surface area contributed by atoms with Crippen LogP contribution < -0.4 is 17.0 Å². The van der Waals surface area contributed by atoms with Crippen LogP contribution in [0.4, 0.5) is 10.2 Å². The predicted octanol–water partition coefficient (Wildman–Crippen LogP) is 1.93. The molecule has 166 valence electrons. The molecule has 1 heterocycles. The van der Waals surface area contributed by atoms with Gasteiger partial charge in [-0.25, -0.2) is 13.8 Å². The van der Waals surface area contributed by atoms with Crippen molar-refractivity contribution in [2.24, 2.45) is 0 Å². The van der Waals surface area contributed by atoms with Crippen molar-refractivity contribution >= 4 is 29.3 Å². The average Bonchev–Trinajstić information content (AvgIpc) is 2.79. The Hall–Kier alpha value is -3.66. The lowest BCUT2D eigenvalue weighted by Gasteiger charge is -2.16. The van der Waals surface area contributed by atoms with Crippen LogP contribution in [0.25, 0.3) is 0 Å². The molecule has 0 aliphatic carbocycles. The lowest BCUT2D eigenvalue weighted by Crippen LogP contribution is -2.45. The van der Waals surface area contributed by atoms with Crippen molar-refractivity contribution in [1.29, 1.82) is 0 Å². The van der Waals surface area contributed by atoms with E-state index in [-0.39, 0.29) is 23.0 Å². The molecule has 0 unspecified atom stereocenters. The molecule has 0 amide bonds. The minimum absolute atomic E-state index is 0.0201. The van der Waals surface area contributed by atoms with Gasteiger partial charge in [-0.05, 0) is 17.7 Å². The molecule has 0 atom stereocenters. The van der Waals surface area contributed by atoms with E-state index in [9.17, 15) is 23.6 Å². The highest BCUT2D eigenvalue weighted by Gasteiger charge is 2.24. The van der Waals surface area contributed by atoms with Gasteiger partial charge >= 0.3 is 11.7 Å². The van der Waals surface area contributed by atoms with E-state index in [1.165, 1.54) is 18.2 Å². The van der Waals surface area contributed by atoms with Crippen molar-refractivity contribution in [3.63, 3.8) is 0 Å². The standard InChI is InChI=1S/C22H20FN3O5S/c1-31-18(28)12-26-21(29)19(16(27)13-32-17-10-6-5-9-15(17)23)20(24)25(22(26)30)11-14-7-3-2-4-8-14/h2-10H,11-13,24H2,1H3. The number of rotatable bonds is 8. The van der Waals surface area contributed by atoms with Gasteiger partial charge in [-0.15, -0.1) is 11.8 Å². The summed E-state index contributed by atoms with van der Waals surface area (Å²) in [4.78, 5) is 50.8. The number of halogens is 1. The third kappa shape index (κ3) is 4.97. The van der Waals surface area contributed by atoms with Gasteiger partial charge in [-0.2, -0.15) is 0 Å². The first-order valence-corrected chi connectivity index (χ1v) is 10.5. The molecule has 0 saturated heterocycles. The van der Waals surface area contributed by atoms with E-state index in [1.54, 1.807) is 36.4 Å². The number of anilines is 1. The molecule has 3 rings (SSSR count). The summed E-state index contributed by atoms with van der Waals surface area (Å²) in [5.74, 6) is -2.64. The highest BCUT2D eigenvalue weighted by molar-refractivity contribution is 8.00. The number of aromatic nitrogens is 2. The van der Waals surface area contributed by atoms with Gasteiger partial charge in [0.15, 0.2) is 5.78 Å². The number of nitrogens with two attached hydrogens (primary N) is 1. The van der Waals surface area contributed by atoms with Crippen LogP contribution in [0.15, 0.2) is 69.1 Å². The zero-order valence-electron chi connectivity index (χ0n) is 17.1. The first-order chi connectivity index (χ1) is 15.3. The second-order valence-electron chi connectivity index (χ2n) is 6.72. The SMILES string of the molecule is COC(=O)Cn1c(=O)c(C(=O)CSc2ccccc2F)c(N)n(Cc2ccccc2)c1=O. The molecular formula is C22H20FN3O5S. The summed E-state index contributed by atoms with van der Waals surface area (Å²) in [5, 5.41) is 0. The van der Waals surface area contributed by atoms with Crippen molar-refractivity contribution in [2.45, 2.75) is 18.0 Å². The first kappa shape index (κ1) is 23.0. The zero-order valence-corrected chi connectivity index (χ0v) is 17.9. The fourth-order valence-corrected chi connectivity index (χ4v) is 3.82. The number of hydrogen-bond acceptors (Lipinski definition) is 7. The van der Waals surface area contributed by atoms with Gasteiger partial charge in [-0.3, -0.25) is 19.0 Å². The Morgan fingerprint density at radius 1 is 1.03 bits per heavy atom. The van der Waals surface area contributed by atoms with E-state index < -0.39 is 40.9 Å². The Morgan fingerprint density at radius 3 is 2.34 bits per heavy atom. The highest BCUT2D eigenvalue weighted by atomic mass is 32.2. The van der Waals surface area contributed by atoms with Crippen LogP contribution in [0.5, 0.6) is 0 Å². The third-order valence-electron chi connectivity index (χ3n) is 4.64. The Bertz CT molecular complexity index is 1270. The highest BCUT2D eigenvalue weighted by Crippen LogP contribution is 2.22. The van der Waals surface area contributed by atoms with E-state index >= 15 is 0 Å². The normalized spacial score (nSPS) is 10.7. The molecule has 0 bridgehead atoms. The number of esters is 1. The monoisotopic (exact) mass is 457 g/mol. The van der Waals surface area contributed by atoms with Gasteiger partial charge in [0.25, 0.3) is 5.56 Å². The van der Waals surface area contributed by atoms with Crippen LogP contribution in [0, 0.1) is 5.82 Å². The summed E-state index contributed by atoms with van der Waals surface area (Å²) in [6.45, 7) is -0.697. The van der Waals surface area contributed by atoms with Crippen LogP contribution in [0.2, 0.25) is 0 Å². The number of ketones is 1. The van der Waals surface area contributed by atoms with Crippen molar-refractivity contribution in [1.82, 2.24) is 9.13 Å². The molecule has 10 heteroatoms. The van der Waals surface area contributed by atoms with Crippen LogP contribution in [0.3, 0.4) is 0 Å². The Morgan fingerprint density at radius 2 is 1.69 bits per heavy atom. The molecule has 0 fully saturated rings. The van der Waals surface area contributed by atoms with Crippen LogP contribution in [-0.4, -0.2) is 33.7 Å². The third-order valence-corrected chi connectivity index (χ3v) is 5.69. The summed E-state index contributed by atoms with van der Waals surface area (Å²) in [6.07, 6.45) is 0. The maximum absolute atomic E-state index is 13.9. The Kier molecular flexibility index (Phi) is 7.26. The van der Waals surface area contributed by atoms with Crippen molar-refractivity contribution in [2.75, 3.05) is 18.6 Å². The van der Waals surface area contributed by atoms with Crippen LogP contribution in [0.1, 0.15) is 15.9 Å². The number of nitrogens with zero attached hydrogens (tertiary/aromatic N) is 2.